The molecule has 0 saturated heterocycles. The number of carbonyl (C=O) groups excluding carboxylic acids is 2. The molecule has 0 unspecified atom stereocenters. The van der Waals surface area contributed by atoms with Gasteiger partial charge in [0.15, 0.2) is 11.5 Å². The van der Waals surface area contributed by atoms with Crippen LogP contribution in [0.25, 0.3) is 6.08 Å². The van der Waals surface area contributed by atoms with Gasteiger partial charge in [-0.25, -0.2) is 0 Å². The fourth-order valence-electron chi connectivity index (χ4n) is 2.66. The molecule has 0 atom stereocenters. The summed E-state index contributed by atoms with van der Waals surface area (Å²) in [6, 6.07) is 11.2. The first-order valence-electron chi connectivity index (χ1n) is 9.07. The van der Waals surface area contributed by atoms with E-state index in [0.29, 0.717) is 18.1 Å². The summed E-state index contributed by atoms with van der Waals surface area (Å²) in [6.45, 7) is 6.15. The van der Waals surface area contributed by atoms with E-state index in [2.05, 4.69) is 10.6 Å². The Kier molecular flexibility index (Phi) is 7.63. The lowest BCUT2D eigenvalue weighted by Crippen LogP contribution is -2.32. The number of nitrogens with one attached hydrogen (secondary N) is 2. The van der Waals surface area contributed by atoms with Crippen molar-refractivity contribution in [1.82, 2.24) is 5.32 Å². The van der Waals surface area contributed by atoms with Gasteiger partial charge in [0.1, 0.15) is 0 Å². The second-order valence-corrected chi connectivity index (χ2v) is 6.21. The maximum absolute atomic E-state index is 12.1. The van der Waals surface area contributed by atoms with Crippen LogP contribution in [0.1, 0.15) is 23.6 Å². The van der Waals surface area contributed by atoms with Crippen LogP contribution in [0.4, 0.5) is 5.69 Å². The molecule has 2 amide bonds. The molecular formula is C22H26N2O4. The molecule has 2 aromatic rings. The first-order valence-corrected chi connectivity index (χ1v) is 9.07. The van der Waals surface area contributed by atoms with Gasteiger partial charge in [0.2, 0.25) is 11.8 Å². The van der Waals surface area contributed by atoms with E-state index in [0.717, 1.165) is 22.4 Å². The number of hydrogen-bond acceptors (Lipinski definition) is 4. The Morgan fingerprint density at radius 1 is 1.07 bits per heavy atom. The van der Waals surface area contributed by atoms with Crippen molar-refractivity contribution in [1.29, 1.82) is 0 Å². The minimum atomic E-state index is -0.356. The molecule has 2 rings (SSSR count). The van der Waals surface area contributed by atoms with Gasteiger partial charge in [0.25, 0.3) is 0 Å². The number of aryl methyl sites for hydroxylation is 2. The van der Waals surface area contributed by atoms with Crippen LogP contribution < -0.4 is 20.1 Å². The van der Waals surface area contributed by atoms with Crippen LogP contribution in [0.3, 0.4) is 0 Å². The van der Waals surface area contributed by atoms with E-state index in [1.54, 1.807) is 25.3 Å². The fraction of sp³-hybridized carbons (Fsp3) is 0.273. The van der Waals surface area contributed by atoms with E-state index in [1.807, 2.05) is 45.0 Å². The molecule has 0 radical (unpaired) electrons. The second kappa shape index (κ2) is 10.2. The van der Waals surface area contributed by atoms with Gasteiger partial charge < -0.3 is 20.1 Å². The van der Waals surface area contributed by atoms with Crippen molar-refractivity contribution >= 4 is 23.6 Å². The van der Waals surface area contributed by atoms with Crippen LogP contribution in [-0.4, -0.2) is 32.1 Å². The summed E-state index contributed by atoms with van der Waals surface area (Å²) >= 11 is 0. The minimum Gasteiger partial charge on any atom is -0.493 e. The van der Waals surface area contributed by atoms with Crippen molar-refractivity contribution in [3.63, 3.8) is 0 Å². The first kappa shape index (κ1) is 21.0. The lowest BCUT2D eigenvalue weighted by Gasteiger charge is -2.11. The summed E-state index contributed by atoms with van der Waals surface area (Å²) < 4.78 is 10.8. The average molecular weight is 382 g/mol. The van der Waals surface area contributed by atoms with Crippen molar-refractivity contribution in [2.24, 2.45) is 0 Å². The molecule has 0 bridgehead atoms. The molecule has 0 aliphatic rings. The van der Waals surface area contributed by atoms with E-state index in [9.17, 15) is 9.59 Å². The summed E-state index contributed by atoms with van der Waals surface area (Å²) in [6.07, 6.45) is 3.03. The van der Waals surface area contributed by atoms with Crippen LogP contribution >= 0.6 is 0 Å². The smallest absolute Gasteiger partial charge is 0.244 e. The standard InChI is InChI=1S/C22H26N2O4/c1-5-28-19-13-17(9-11-18(19)27-4)10-12-20(25)23-14-21(26)24-22-15(2)7-6-8-16(22)3/h6-13H,5,14H2,1-4H3,(H,23,25)(H,24,26)/b12-10+. The van der Waals surface area contributed by atoms with Crippen LogP contribution in [0.2, 0.25) is 0 Å². The van der Waals surface area contributed by atoms with Gasteiger partial charge in [-0.1, -0.05) is 24.3 Å². The molecule has 2 aromatic carbocycles. The van der Waals surface area contributed by atoms with Gasteiger partial charge in [0, 0.05) is 11.8 Å². The third-order valence-corrected chi connectivity index (χ3v) is 4.08. The maximum Gasteiger partial charge on any atom is 0.244 e. The SMILES string of the molecule is CCOc1cc(/C=C/C(=O)NCC(=O)Nc2c(C)cccc2C)ccc1OC. The summed E-state index contributed by atoms with van der Waals surface area (Å²) in [5.74, 6) is 0.611. The quantitative estimate of drug-likeness (QED) is 0.686. The van der Waals surface area contributed by atoms with Crippen LogP contribution in [0.15, 0.2) is 42.5 Å². The second-order valence-electron chi connectivity index (χ2n) is 6.21. The molecule has 28 heavy (non-hydrogen) atoms. The molecule has 0 heterocycles. The molecule has 0 saturated carbocycles. The molecule has 0 fully saturated rings. The third-order valence-electron chi connectivity index (χ3n) is 4.08. The monoisotopic (exact) mass is 382 g/mol. The van der Waals surface area contributed by atoms with E-state index < -0.39 is 0 Å². The van der Waals surface area contributed by atoms with Gasteiger partial charge in [-0.15, -0.1) is 0 Å². The van der Waals surface area contributed by atoms with Gasteiger partial charge in [-0.2, -0.15) is 0 Å². The number of methoxy groups -OCH3 is 1. The number of carbonyl (C=O) groups is 2. The molecule has 6 nitrogen and oxygen atoms in total. The number of hydrogen-bond donors (Lipinski definition) is 2. The Balaban J connectivity index is 1.91. The van der Waals surface area contributed by atoms with E-state index in [4.69, 9.17) is 9.47 Å². The predicted octanol–water partition coefficient (Wildman–Crippen LogP) is 3.48. The Morgan fingerprint density at radius 2 is 1.79 bits per heavy atom. The van der Waals surface area contributed by atoms with Crippen molar-refractivity contribution in [2.75, 3.05) is 25.6 Å². The molecule has 2 N–H and O–H groups in total. The highest BCUT2D eigenvalue weighted by molar-refractivity contribution is 5.98. The van der Waals surface area contributed by atoms with Gasteiger partial charge >= 0.3 is 0 Å². The Hall–Kier alpha value is -3.28. The minimum absolute atomic E-state index is 0.107. The van der Waals surface area contributed by atoms with Crippen molar-refractivity contribution in [3.05, 3.63) is 59.2 Å². The van der Waals surface area contributed by atoms with Crippen molar-refractivity contribution in [2.45, 2.75) is 20.8 Å². The molecule has 0 aliphatic carbocycles. The highest BCUT2D eigenvalue weighted by Crippen LogP contribution is 2.28. The third kappa shape index (κ3) is 5.87. The average Bonchev–Trinajstić information content (AvgIpc) is 2.68. The number of rotatable bonds is 8. The zero-order valence-electron chi connectivity index (χ0n) is 16.7. The Bertz CT molecular complexity index is 855. The number of benzene rings is 2. The Labute approximate surface area is 165 Å². The van der Waals surface area contributed by atoms with Crippen molar-refractivity contribution < 1.29 is 19.1 Å². The molecule has 0 aliphatic heterocycles. The normalized spacial score (nSPS) is 10.6. The fourth-order valence-corrected chi connectivity index (χ4v) is 2.66. The zero-order chi connectivity index (χ0) is 20.5. The molecular weight excluding hydrogens is 356 g/mol. The molecule has 0 spiro atoms. The van der Waals surface area contributed by atoms with Gasteiger partial charge in [0.05, 0.1) is 20.3 Å². The van der Waals surface area contributed by atoms with E-state index >= 15 is 0 Å². The number of anilines is 1. The lowest BCUT2D eigenvalue weighted by molar-refractivity contribution is -0.121. The summed E-state index contributed by atoms with van der Waals surface area (Å²) in [4.78, 5) is 24.1. The highest BCUT2D eigenvalue weighted by atomic mass is 16.5. The molecule has 0 aromatic heterocycles. The number of ether oxygens (including phenoxy) is 2. The largest absolute Gasteiger partial charge is 0.493 e. The topological polar surface area (TPSA) is 76.7 Å². The van der Waals surface area contributed by atoms with Gasteiger partial charge in [-0.3, -0.25) is 9.59 Å². The van der Waals surface area contributed by atoms with Crippen LogP contribution in [-0.2, 0) is 9.59 Å². The number of amides is 2. The summed E-state index contributed by atoms with van der Waals surface area (Å²) in [5.41, 5.74) is 3.52. The zero-order valence-corrected chi connectivity index (χ0v) is 16.7. The summed E-state index contributed by atoms with van der Waals surface area (Å²) in [7, 11) is 1.57. The van der Waals surface area contributed by atoms with Crippen LogP contribution in [0.5, 0.6) is 11.5 Å². The predicted molar refractivity (Wildman–Crippen MR) is 111 cm³/mol. The highest BCUT2D eigenvalue weighted by Gasteiger charge is 2.08. The molecule has 148 valence electrons. The Morgan fingerprint density at radius 3 is 2.43 bits per heavy atom. The lowest BCUT2D eigenvalue weighted by atomic mass is 10.1. The first-order chi connectivity index (χ1) is 13.4. The van der Waals surface area contributed by atoms with Crippen LogP contribution in [0, 0.1) is 13.8 Å². The maximum atomic E-state index is 12.1. The number of para-hydroxylation sites is 1. The van der Waals surface area contributed by atoms with E-state index in [-0.39, 0.29) is 18.4 Å². The summed E-state index contributed by atoms with van der Waals surface area (Å²) in [5, 5.41) is 5.41. The molecule has 6 heteroatoms. The van der Waals surface area contributed by atoms with Crippen molar-refractivity contribution in [3.8, 4) is 11.5 Å². The van der Waals surface area contributed by atoms with Gasteiger partial charge in [-0.05, 0) is 55.7 Å². The van der Waals surface area contributed by atoms with E-state index in [1.165, 1.54) is 6.08 Å².